The van der Waals surface area contributed by atoms with E-state index in [9.17, 15) is 9.50 Å². The number of ether oxygens (including phenoxy) is 1. The van der Waals surface area contributed by atoms with Gasteiger partial charge in [-0.3, -0.25) is 0 Å². The molecule has 4 heteroatoms. The highest BCUT2D eigenvalue weighted by Gasteiger charge is 2.26. The standard InChI is InChI=1S/C23H26FNO2/c1-15-4-6-18-21(9-7-19(24)22(15)18)27-17-5-8-20-16(14-17)10-12-25(20)13-11-23(2,3)26/h5,7-10,12,14-15,26H,4,6,11,13H2,1-3H3/t15-/m1/s1. The third-order valence-electron chi connectivity index (χ3n) is 5.52. The van der Waals surface area contributed by atoms with Gasteiger partial charge in [-0.1, -0.05) is 6.92 Å². The monoisotopic (exact) mass is 367 g/mol. The lowest BCUT2D eigenvalue weighted by Gasteiger charge is -2.17. The molecule has 1 heterocycles. The molecule has 142 valence electrons. The molecule has 1 atom stereocenters. The first-order chi connectivity index (χ1) is 12.8. The molecule has 1 aliphatic rings. The van der Waals surface area contributed by atoms with E-state index in [1.165, 1.54) is 6.07 Å². The highest BCUT2D eigenvalue weighted by Crippen LogP contribution is 2.41. The van der Waals surface area contributed by atoms with E-state index in [4.69, 9.17) is 4.74 Å². The van der Waals surface area contributed by atoms with Gasteiger partial charge in [0.05, 0.1) is 5.60 Å². The number of aliphatic hydroxyl groups is 1. The third-order valence-corrected chi connectivity index (χ3v) is 5.52. The minimum absolute atomic E-state index is 0.123. The van der Waals surface area contributed by atoms with E-state index < -0.39 is 5.60 Å². The molecule has 0 saturated heterocycles. The summed E-state index contributed by atoms with van der Waals surface area (Å²) in [4.78, 5) is 0. The van der Waals surface area contributed by atoms with Gasteiger partial charge in [0.2, 0.25) is 0 Å². The fraction of sp³-hybridized carbons (Fsp3) is 0.391. The molecule has 3 aromatic rings. The molecule has 0 bridgehead atoms. The Hall–Kier alpha value is -2.33. The van der Waals surface area contributed by atoms with E-state index in [0.29, 0.717) is 6.42 Å². The Kier molecular flexibility index (Phi) is 4.47. The SMILES string of the molecule is C[C@@H]1CCc2c(Oc3ccc4c(ccn4CCC(C)(C)O)c3)ccc(F)c21. The number of aryl methyl sites for hydroxylation is 1. The Labute approximate surface area is 159 Å². The summed E-state index contributed by atoms with van der Waals surface area (Å²) >= 11 is 0. The van der Waals surface area contributed by atoms with Gasteiger partial charge in [0.15, 0.2) is 0 Å². The number of halogens is 1. The average molecular weight is 367 g/mol. The first-order valence-corrected chi connectivity index (χ1v) is 9.62. The number of rotatable bonds is 5. The van der Waals surface area contributed by atoms with Crippen molar-refractivity contribution in [2.75, 3.05) is 0 Å². The first kappa shape index (κ1) is 18.1. The number of nitrogens with zero attached hydrogens (tertiary/aromatic N) is 1. The number of hydrogen-bond acceptors (Lipinski definition) is 2. The van der Waals surface area contributed by atoms with Crippen LogP contribution in [0.3, 0.4) is 0 Å². The number of benzene rings is 2. The Morgan fingerprint density at radius 2 is 2.04 bits per heavy atom. The smallest absolute Gasteiger partial charge is 0.131 e. The van der Waals surface area contributed by atoms with Crippen molar-refractivity contribution < 1.29 is 14.2 Å². The summed E-state index contributed by atoms with van der Waals surface area (Å²) in [5.74, 6) is 1.64. The van der Waals surface area contributed by atoms with E-state index in [1.54, 1.807) is 6.07 Å². The number of aromatic nitrogens is 1. The second-order valence-electron chi connectivity index (χ2n) is 8.27. The minimum Gasteiger partial charge on any atom is -0.457 e. The molecule has 1 aromatic heterocycles. The van der Waals surface area contributed by atoms with Crippen LogP contribution in [0, 0.1) is 5.82 Å². The van der Waals surface area contributed by atoms with Crippen LogP contribution in [0.5, 0.6) is 11.5 Å². The highest BCUT2D eigenvalue weighted by atomic mass is 19.1. The zero-order chi connectivity index (χ0) is 19.2. The summed E-state index contributed by atoms with van der Waals surface area (Å²) in [7, 11) is 0. The van der Waals surface area contributed by atoms with Crippen molar-refractivity contribution in [2.24, 2.45) is 0 Å². The lowest BCUT2D eigenvalue weighted by Crippen LogP contribution is -2.20. The molecular formula is C23H26FNO2. The molecule has 0 fully saturated rings. The summed E-state index contributed by atoms with van der Waals surface area (Å²) < 4.78 is 22.4. The van der Waals surface area contributed by atoms with Crippen LogP contribution in [0.2, 0.25) is 0 Å². The van der Waals surface area contributed by atoms with Crippen molar-refractivity contribution in [3.63, 3.8) is 0 Å². The van der Waals surface area contributed by atoms with Crippen molar-refractivity contribution in [1.29, 1.82) is 0 Å². The molecule has 0 amide bonds. The quantitative estimate of drug-likeness (QED) is 0.620. The predicted molar refractivity (Wildman–Crippen MR) is 106 cm³/mol. The van der Waals surface area contributed by atoms with Crippen LogP contribution in [-0.2, 0) is 13.0 Å². The van der Waals surface area contributed by atoms with Crippen molar-refractivity contribution in [2.45, 2.75) is 58.1 Å². The van der Waals surface area contributed by atoms with Crippen LogP contribution in [0.4, 0.5) is 4.39 Å². The van der Waals surface area contributed by atoms with Crippen LogP contribution in [0.1, 0.15) is 50.7 Å². The zero-order valence-electron chi connectivity index (χ0n) is 16.1. The topological polar surface area (TPSA) is 34.4 Å². The van der Waals surface area contributed by atoms with Crippen molar-refractivity contribution >= 4 is 10.9 Å². The Bertz CT molecular complexity index is 984. The molecule has 1 N–H and O–H groups in total. The molecule has 0 radical (unpaired) electrons. The molecular weight excluding hydrogens is 341 g/mol. The molecule has 2 aromatic carbocycles. The van der Waals surface area contributed by atoms with Gasteiger partial charge < -0.3 is 14.4 Å². The van der Waals surface area contributed by atoms with E-state index in [-0.39, 0.29) is 11.7 Å². The predicted octanol–water partition coefficient (Wildman–Crippen LogP) is 5.78. The molecule has 0 unspecified atom stereocenters. The van der Waals surface area contributed by atoms with E-state index in [0.717, 1.165) is 52.9 Å². The summed E-state index contributed by atoms with van der Waals surface area (Å²) in [6, 6.07) is 11.3. The highest BCUT2D eigenvalue weighted by molar-refractivity contribution is 5.81. The number of hydrogen-bond donors (Lipinski definition) is 1. The third kappa shape index (κ3) is 3.59. The Morgan fingerprint density at radius 1 is 1.22 bits per heavy atom. The van der Waals surface area contributed by atoms with Gasteiger partial charge in [0.25, 0.3) is 0 Å². The summed E-state index contributed by atoms with van der Waals surface area (Å²) in [6.07, 6.45) is 4.56. The van der Waals surface area contributed by atoms with Crippen molar-refractivity contribution in [1.82, 2.24) is 4.57 Å². The summed E-state index contributed by atoms with van der Waals surface area (Å²) in [6.45, 7) is 6.48. The average Bonchev–Trinajstić information content (AvgIpc) is 3.19. The minimum atomic E-state index is -0.681. The molecule has 4 rings (SSSR count). The maximum Gasteiger partial charge on any atom is 0.131 e. The number of fused-ring (bicyclic) bond motifs is 2. The van der Waals surface area contributed by atoms with Crippen LogP contribution < -0.4 is 4.74 Å². The molecule has 1 aliphatic carbocycles. The Balaban J connectivity index is 1.59. The van der Waals surface area contributed by atoms with Crippen LogP contribution in [-0.4, -0.2) is 15.3 Å². The van der Waals surface area contributed by atoms with Gasteiger partial charge in [-0.2, -0.15) is 0 Å². The molecule has 0 aliphatic heterocycles. The fourth-order valence-corrected chi connectivity index (χ4v) is 3.97. The summed E-state index contributed by atoms with van der Waals surface area (Å²) in [5.41, 5.74) is 2.25. The second-order valence-corrected chi connectivity index (χ2v) is 8.27. The molecule has 3 nitrogen and oxygen atoms in total. The largest absolute Gasteiger partial charge is 0.457 e. The van der Waals surface area contributed by atoms with E-state index in [1.807, 2.05) is 38.2 Å². The molecule has 27 heavy (non-hydrogen) atoms. The normalized spacial score (nSPS) is 16.7. The first-order valence-electron chi connectivity index (χ1n) is 9.62. The van der Waals surface area contributed by atoms with Crippen molar-refractivity contribution in [3.05, 3.63) is 59.5 Å². The van der Waals surface area contributed by atoms with Crippen molar-refractivity contribution in [3.8, 4) is 11.5 Å². The maximum atomic E-state index is 14.2. The van der Waals surface area contributed by atoms with Gasteiger partial charge in [-0.25, -0.2) is 4.39 Å². The van der Waals surface area contributed by atoms with Crippen LogP contribution in [0.25, 0.3) is 10.9 Å². The van der Waals surface area contributed by atoms with E-state index in [2.05, 4.69) is 17.6 Å². The van der Waals surface area contributed by atoms with Gasteiger partial charge in [-0.15, -0.1) is 0 Å². The van der Waals surface area contributed by atoms with E-state index >= 15 is 0 Å². The van der Waals surface area contributed by atoms with Crippen LogP contribution >= 0.6 is 0 Å². The zero-order valence-corrected chi connectivity index (χ0v) is 16.1. The fourth-order valence-electron chi connectivity index (χ4n) is 3.97. The second kappa shape index (κ2) is 6.68. The molecule has 0 spiro atoms. The molecule has 0 saturated carbocycles. The maximum absolute atomic E-state index is 14.2. The lowest BCUT2D eigenvalue weighted by molar-refractivity contribution is 0.0666. The Morgan fingerprint density at radius 3 is 2.81 bits per heavy atom. The van der Waals surface area contributed by atoms with Gasteiger partial charge in [0.1, 0.15) is 17.3 Å². The van der Waals surface area contributed by atoms with Crippen LogP contribution in [0.15, 0.2) is 42.6 Å². The van der Waals surface area contributed by atoms with Gasteiger partial charge >= 0.3 is 0 Å². The summed E-state index contributed by atoms with van der Waals surface area (Å²) in [5, 5.41) is 11.0. The van der Waals surface area contributed by atoms with Gasteiger partial charge in [0, 0.05) is 29.2 Å². The van der Waals surface area contributed by atoms with Gasteiger partial charge in [-0.05, 0) is 81.0 Å². The lowest BCUT2D eigenvalue weighted by atomic mass is 10.0.